The number of hydrogen-bond donors (Lipinski definition) is 3. The Morgan fingerprint density at radius 1 is 0.893 bits per heavy atom. The molecule has 0 radical (unpaired) electrons. The van der Waals surface area contributed by atoms with Crippen LogP contribution < -0.4 is 15.4 Å². The maximum atomic E-state index is 12.7. The average Bonchev–Trinajstić information content (AvgIpc) is 2.62. The van der Waals surface area contributed by atoms with Gasteiger partial charge in [0.15, 0.2) is 6.61 Å². The molecule has 9 nitrogen and oxygen atoms in total. The van der Waals surface area contributed by atoms with E-state index >= 15 is 0 Å². The van der Waals surface area contributed by atoms with Crippen molar-refractivity contribution in [1.29, 1.82) is 0 Å². The van der Waals surface area contributed by atoms with Crippen LogP contribution in [0, 0.1) is 34.6 Å². The lowest BCUT2D eigenvalue weighted by Gasteiger charge is -2.19. The van der Waals surface area contributed by atoms with E-state index in [1.54, 1.807) is 13.8 Å². The van der Waals surface area contributed by atoms with Gasteiger partial charge in [-0.1, -0.05) is 0 Å². The number of hydrogen-bond acceptors (Lipinski definition) is 6. The predicted molar refractivity (Wildman–Crippen MR) is 103 cm³/mol. The lowest BCUT2D eigenvalue weighted by Crippen LogP contribution is -2.39. The Bertz CT molecular complexity index is 864. The van der Waals surface area contributed by atoms with Crippen molar-refractivity contribution in [2.75, 3.05) is 20.2 Å². The van der Waals surface area contributed by atoms with E-state index in [0.717, 1.165) is 16.7 Å². The molecule has 0 atom stereocenters. The van der Waals surface area contributed by atoms with Crippen molar-refractivity contribution in [3.05, 3.63) is 27.8 Å². The summed E-state index contributed by atoms with van der Waals surface area (Å²) in [6.45, 7) is 8.39. The molecule has 156 valence electrons. The molecule has 0 unspecified atom stereocenters. The fourth-order valence-electron chi connectivity index (χ4n) is 2.67. The van der Waals surface area contributed by atoms with E-state index in [0.29, 0.717) is 11.1 Å². The van der Waals surface area contributed by atoms with E-state index < -0.39 is 34.5 Å². The molecule has 1 aromatic carbocycles. The molecule has 0 aliphatic heterocycles. The highest BCUT2D eigenvalue weighted by molar-refractivity contribution is 7.89. The highest BCUT2D eigenvalue weighted by atomic mass is 32.2. The summed E-state index contributed by atoms with van der Waals surface area (Å²) in [6.07, 6.45) is -0.256. The maximum absolute atomic E-state index is 12.7. The van der Waals surface area contributed by atoms with Crippen LogP contribution >= 0.6 is 0 Å². The minimum absolute atomic E-state index is 0.177. The molecule has 10 heteroatoms. The molecule has 0 aliphatic carbocycles. The zero-order valence-electron chi connectivity index (χ0n) is 17.0. The summed E-state index contributed by atoms with van der Waals surface area (Å²) < 4.78 is 32.5. The van der Waals surface area contributed by atoms with E-state index in [1.165, 1.54) is 7.05 Å². The van der Waals surface area contributed by atoms with Gasteiger partial charge in [-0.3, -0.25) is 14.9 Å². The highest BCUT2D eigenvalue weighted by Crippen LogP contribution is 2.29. The van der Waals surface area contributed by atoms with Gasteiger partial charge in [0.2, 0.25) is 10.0 Å². The lowest BCUT2D eigenvalue weighted by molar-refractivity contribution is -0.148. The van der Waals surface area contributed by atoms with E-state index in [4.69, 9.17) is 4.74 Å². The number of imide groups is 1. The smallest absolute Gasteiger partial charge is 0.321 e. The Morgan fingerprint density at radius 3 is 1.89 bits per heavy atom. The number of carbonyl (C=O) groups excluding carboxylic acids is 3. The topological polar surface area (TPSA) is 131 Å². The summed E-state index contributed by atoms with van der Waals surface area (Å²) in [5, 5.41) is 4.12. The van der Waals surface area contributed by atoms with Crippen molar-refractivity contribution in [3.8, 4) is 0 Å². The van der Waals surface area contributed by atoms with Gasteiger partial charge in [-0.05, 0) is 62.4 Å². The van der Waals surface area contributed by atoms with Crippen LogP contribution in [0.5, 0.6) is 0 Å². The number of benzene rings is 1. The Morgan fingerprint density at radius 2 is 1.39 bits per heavy atom. The van der Waals surface area contributed by atoms with Gasteiger partial charge in [-0.15, -0.1) is 0 Å². The number of amides is 3. The van der Waals surface area contributed by atoms with Crippen LogP contribution in [-0.2, 0) is 24.3 Å². The van der Waals surface area contributed by atoms with Gasteiger partial charge in [-0.2, -0.15) is 0 Å². The second-order valence-corrected chi connectivity index (χ2v) is 8.09. The monoisotopic (exact) mass is 413 g/mol. The molecule has 0 heterocycles. The van der Waals surface area contributed by atoms with Gasteiger partial charge in [0.25, 0.3) is 5.91 Å². The summed E-state index contributed by atoms with van der Waals surface area (Å²) in [5.41, 5.74) is 4.20. The number of carbonyl (C=O) groups is 3. The van der Waals surface area contributed by atoms with Crippen LogP contribution in [0.3, 0.4) is 0 Å². The lowest BCUT2D eigenvalue weighted by atomic mass is 9.95. The first-order valence-electron chi connectivity index (χ1n) is 8.66. The van der Waals surface area contributed by atoms with E-state index in [1.807, 2.05) is 26.1 Å². The Kier molecular flexibility index (Phi) is 8.13. The zero-order valence-corrected chi connectivity index (χ0v) is 17.8. The zero-order chi connectivity index (χ0) is 21.6. The SMILES string of the molecule is CNC(=O)NC(=O)COC(=O)CCNS(=O)(=O)c1c(C)c(C)c(C)c(C)c1C. The third kappa shape index (κ3) is 5.77. The van der Waals surface area contributed by atoms with Crippen LogP contribution in [0.25, 0.3) is 0 Å². The van der Waals surface area contributed by atoms with Crippen LogP contribution in [-0.4, -0.2) is 46.5 Å². The Labute approximate surface area is 165 Å². The Balaban J connectivity index is 2.70. The number of esters is 1. The molecule has 3 N–H and O–H groups in total. The van der Waals surface area contributed by atoms with Crippen molar-refractivity contribution < 1.29 is 27.5 Å². The molecule has 28 heavy (non-hydrogen) atoms. The fourth-order valence-corrected chi connectivity index (χ4v) is 4.30. The van der Waals surface area contributed by atoms with Crippen molar-refractivity contribution >= 4 is 27.9 Å². The second-order valence-electron chi connectivity index (χ2n) is 6.39. The molecular weight excluding hydrogens is 386 g/mol. The highest BCUT2D eigenvalue weighted by Gasteiger charge is 2.23. The maximum Gasteiger partial charge on any atom is 0.321 e. The number of nitrogens with one attached hydrogen (secondary N) is 3. The van der Waals surface area contributed by atoms with Crippen LogP contribution in [0.4, 0.5) is 4.79 Å². The molecule has 0 aromatic heterocycles. The van der Waals surface area contributed by atoms with Crippen molar-refractivity contribution in [2.45, 2.75) is 45.9 Å². The quantitative estimate of drug-likeness (QED) is 0.569. The predicted octanol–water partition coefficient (Wildman–Crippen LogP) is 0.896. The molecule has 0 saturated carbocycles. The van der Waals surface area contributed by atoms with Gasteiger partial charge in [0.05, 0.1) is 11.3 Å². The van der Waals surface area contributed by atoms with Crippen LogP contribution in [0.1, 0.15) is 34.2 Å². The minimum Gasteiger partial charge on any atom is -0.456 e. The average molecular weight is 413 g/mol. The minimum atomic E-state index is -3.82. The Hall–Kier alpha value is -2.46. The van der Waals surface area contributed by atoms with Crippen molar-refractivity contribution in [2.24, 2.45) is 0 Å². The summed E-state index contributed by atoms with van der Waals surface area (Å²) >= 11 is 0. The van der Waals surface area contributed by atoms with Crippen LogP contribution in [0.15, 0.2) is 4.90 Å². The number of urea groups is 1. The number of sulfonamides is 1. The number of ether oxygens (including phenoxy) is 1. The largest absolute Gasteiger partial charge is 0.456 e. The van der Waals surface area contributed by atoms with Gasteiger partial charge >= 0.3 is 12.0 Å². The van der Waals surface area contributed by atoms with Gasteiger partial charge in [0.1, 0.15) is 0 Å². The summed E-state index contributed by atoms with van der Waals surface area (Å²) in [7, 11) is -2.49. The first-order chi connectivity index (χ1) is 12.9. The van der Waals surface area contributed by atoms with Gasteiger partial charge < -0.3 is 10.1 Å². The summed E-state index contributed by atoms with van der Waals surface area (Å²) in [4.78, 5) is 34.2. The summed E-state index contributed by atoms with van der Waals surface area (Å²) in [6, 6.07) is -0.719. The number of rotatable bonds is 7. The molecule has 0 spiro atoms. The second kappa shape index (κ2) is 9.65. The summed E-state index contributed by atoms with van der Waals surface area (Å²) in [5.74, 6) is -1.55. The molecule has 1 rings (SSSR count). The van der Waals surface area contributed by atoms with E-state index in [2.05, 4.69) is 10.0 Å². The molecular formula is C18H27N3O6S. The standard InChI is InChI=1S/C18H27N3O6S/c1-10-11(2)13(4)17(14(5)12(10)3)28(25,26)20-8-7-16(23)27-9-15(22)21-18(24)19-6/h20H,7-9H2,1-6H3,(H2,19,21,22,24). The normalized spacial score (nSPS) is 11.1. The molecule has 0 fully saturated rings. The third-order valence-electron chi connectivity index (χ3n) is 4.67. The molecule has 1 aromatic rings. The first kappa shape index (κ1) is 23.6. The fraction of sp³-hybridized carbons (Fsp3) is 0.500. The molecule has 0 saturated heterocycles. The van der Waals surface area contributed by atoms with E-state index in [9.17, 15) is 22.8 Å². The van der Waals surface area contributed by atoms with Crippen molar-refractivity contribution in [3.63, 3.8) is 0 Å². The molecule has 0 aliphatic rings. The molecule has 0 bridgehead atoms. The third-order valence-corrected chi connectivity index (χ3v) is 6.40. The van der Waals surface area contributed by atoms with Crippen molar-refractivity contribution in [1.82, 2.24) is 15.4 Å². The van der Waals surface area contributed by atoms with Gasteiger partial charge in [-0.25, -0.2) is 17.9 Å². The van der Waals surface area contributed by atoms with Gasteiger partial charge in [0, 0.05) is 13.6 Å². The molecule has 3 amide bonds. The first-order valence-corrected chi connectivity index (χ1v) is 10.1. The van der Waals surface area contributed by atoms with E-state index in [-0.39, 0.29) is 17.9 Å². The van der Waals surface area contributed by atoms with Crippen LogP contribution in [0.2, 0.25) is 0 Å².